The van der Waals surface area contributed by atoms with Crippen molar-refractivity contribution in [2.24, 2.45) is 0 Å². The van der Waals surface area contributed by atoms with E-state index in [0.29, 0.717) is 15.7 Å². The van der Waals surface area contributed by atoms with Gasteiger partial charge >= 0.3 is 0 Å². The predicted octanol–water partition coefficient (Wildman–Crippen LogP) is 4.38. The summed E-state index contributed by atoms with van der Waals surface area (Å²) in [6.45, 7) is 1.75. The van der Waals surface area contributed by atoms with Gasteiger partial charge in [-0.05, 0) is 53.2 Å². The number of hydrogen-bond donors (Lipinski definition) is 2. The molecule has 2 N–H and O–H groups in total. The summed E-state index contributed by atoms with van der Waals surface area (Å²) in [7, 11) is 0. The van der Waals surface area contributed by atoms with E-state index in [1.165, 1.54) is 24.3 Å². The number of phenols is 1. The van der Waals surface area contributed by atoms with Gasteiger partial charge in [-0.2, -0.15) is 0 Å². The topological polar surface area (TPSA) is 75.4 Å². The summed E-state index contributed by atoms with van der Waals surface area (Å²) in [6, 6.07) is 7.82. The van der Waals surface area contributed by atoms with E-state index >= 15 is 0 Å². The molecule has 0 amide bonds. The van der Waals surface area contributed by atoms with E-state index in [2.05, 4.69) is 21.2 Å². The quantitative estimate of drug-likeness (QED) is 0.631. The molecule has 0 radical (unpaired) electrons. The van der Waals surface area contributed by atoms with E-state index in [4.69, 9.17) is 0 Å². The molecule has 110 valence electrons. The number of nitro benzene ring substituents is 1. The molecule has 0 aliphatic rings. The van der Waals surface area contributed by atoms with E-state index < -0.39 is 10.7 Å². The van der Waals surface area contributed by atoms with Gasteiger partial charge in [0.1, 0.15) is 11.6 Å². The summed E-state index contributed by atoms with van der Waals surface area (Å²) in [4.78, 5) is 10.2. The van der Waals surface area contributed by atoms with Gasteiger partial charge in [-0.15, -0.1) is 0 Å². The number of halogens is 2. The Bertz CT molecular complexity index is 694. The number of rotatable bonds is 4. The molecule has 0 fully saturated rings. The maximum atomic E-state index is 13.2. The van der Waals surface area contributed by atoms with Gasteiger partial charge in [-0.3, -0.25) is 10.1 Å². The van der Waals surface area contributed by atoms with Crippen LogP contribution in [0.3, 0.4) is 0 Å². The minimum atomic E-state index is -0.490. The minimum absolute atomic E-state index is 0.0163. The van der Waals surface area contributed by atoms with Gasteiger partial charge in [0.15, 0.2) is 0 Å². The Hall–Kier alpha value is -2.15. The Morgan fingerprint density at radius 2 is 2.05 bits per heavy atom. The van der Waals surface area contributed by atoms with Gasteiger partial charge in [0.25, 0.3) is 5.69 Å². The molecule has 21 heavy (non-hydrogen) atoms. The van der Waals surface area contributed by atoms with Crippen molar-refractivity contribution >= 4 is 27.3 Å². The molecule has 0 heterocycles. The Labute approximate surface area is 128 Å². The number of nitro groups is 1. The fraction of sp³-hybridized carbons (Fsp3) is 0.143. The first-order valence-electron chi connectivity index (χ1n) is 6.07. The van der Waals surface area contributed by atoms with Gasteiger partial charge in [0.2, 0.25) is 0 Å². The second-order valence-corrected chi connectivity index (χ2v) is 5.35. The van der Waals surface area contributed by atoms with Crippen LogP contribution in [-0.2, 0) is 0 Å². The highest BCUT2D eigenvalue weighted by Gasteiger charge is 2.15. The van der Waals surface area contributed by atoms with Gasteiger partial charge < -0.3 is 10.4 Å². The van der Waals surface area contributed by atoms with Crippen molar-refractivity contribution in [1.29, 1.82) is 0 Å². The predicted molar refractivity (Wildman–Crippen MR) is 80.9 cm³/mol. The lowest BCUT2D eigenvalue weighted by molar-refractivity contribution is -0.385. The molecule has 0 aromatic heterocycles. The van der Waals surface area contributed by atoms with E-state index in [-0.39, 0.29) is 17.5 Å². The minimum Gasteiger partial charge on any atom is -0.508 e. The van der Waals surface area contributed by atoms with Crippen molar-refractivity contribution < 1.29 is 14.4 Å². The largest absolute Gasteiger partial charge is 0.508 e. The van der Waals surface area contributed by atoms with Crippen LogP contribution in [0, 0.1) is 15.9 Å². The van der Waals surface area contributed by atoms with E-state index in [1.54, 1.807) is 19.1 Å². The molecule has 5 nitrogen and oxygen atoms in total. The number of nitrogens with zero attached hydrogens (tertiary/aromatic N) is 1. The number of phenolic OH excluding ortho intramolecular Hbond substituents is 1. The third kappa shape index (κ3) is 3.49. The molecule has 0 aliphatic heterocycles. The van der Waals surface area contributed by atoms with Crippen LogP contribution in [0.4, 0.5) is 15.8 Å². The third-order valence-electron chi connectivity index (χ3n) is 2.98. The normalized spacial score (nSPS) is 12.0. The van der Waals surface area contributed by atoms with Crippen LogP contribution in [0.1, 0.15) is 18.5 Å². The summed E-state index contributed by atoms with van der Waals surface area (Å²) in [6.07, 6.45) is 0. The summed E-state index contributed by atoms with van der Waals surface area (Å²) < 4.78 is 13.6. The molecule has 0 spiro atoms. The first kappa shape index (κ1) is 15.2. The Kier molecular flexibility index (Phi) is 4.42. The average molecular weight is 355 g/mol. The highest BCUT2D eigenvalue weighted by molar-refractivity contribution is 9.10. The lowest BCUT2D eigenvalue weighted by Gasteiger charge is -2.17. The molecule has 0 bridgehead atoms. The SMILES string of the molecule is CC(Nc1ccc([N+](=O)[O-])c(Br)c1)c1cc(F)ccc1O. The monoisotopic (exact) mass is 354 g/mol. The maximum absolute atomic E-state index is 13.2. The number of anilines is 1. The van der Waals surface area contributed by atoms with Crippen LogP contribution in [-0.4, -0.2) is 10.0 Å². The smallest absolute Gasteiger partial charge is 0.283 e. The Morgan fingerprint density at radius 1 is 1.33 bits per heavy atom. The molecular formula is C14H12BrFN2O3. The summed E-state index contributed by atoms with van der Waals surface area (Å²) in [5, 5.41) is 23.5. The van der Waals surface area contributed by atoms with Crippen LogP contribution < -0.4 is 5.32 Å². The molecule has 2 rings (SSSR count). The number of benzene rings is 2. The molecule has 1 atom stereocenters. The highest BCUT2D eigenvalue weighted by Crippen LogP contribution is 2.31. The molecule has 2 aromatic rings. The maximum Gasteiger partial charge on any atom is 0.283 e. The number of nitrogens with one attached hydrogen (secondary N) is 1. The average Bonchev–Trinajstić information content (AvgIpc) is 2.41. The summed E-state index contributed by atoms with van der Waals surface area (Å²) in [5.74, 6) is -0.460. The first-order chi connectivity index (χ1) is 9.88. The fourth-order valence-corrected chi connectivity index (χ4v) is 2.47. The zero-order valence-electron chi connectivity index (χ0n) is 11.0. The second kappa shape index (κ2) is 6.09. The summed E-state index contributed by atoms with van der Waals surface area (Å²) >= 11 is 3.13. The van der Waals surface area contributed by atoms with Crippen LogP contribution in [0.25, 0.3) is 0 Å². The molecule has 1 unspecified atom stereocenters. The van der Waals surface area contributed by atoms with Gasteiger partial charge in [0.05, 0.1) is 15.4 Å². The van der Waals surface area contributed by atoms with Crippen molar-refractivity contribution in [2.75, 3.05) is 5.32 Å². The van der Waals surface area contributed by atoms with Crippen LogP contribution in [0.2, 0.25) is 0 Å². The standard InChI is InChI=1S/C14H12BrFN2O3/c1-8(11-6-9(16)2-5-14(11)19)17-10-3-4-13(18(20)21)12(15)7-10/h2-8,17,19H,1H3. The molecule has 7 heteroatoms. The van der Waals surface area contributed by atoms with Crippen molar-refractivity contribution in [2.45, 2.75) is 13.0 Å². The van der Waals surface area contributed by atoms with Crippen molar-refractivity contribution in [3.8, 4) is 5.75 Å². The molecule has 0 saturated heterocycles. The highest BCUT2D eigenvalue weighted by atomic mass is 79.9. The van der Waals surface area contributed by atoms with Crippen LogP contribution in [0.15, 0.2) is 40.9 Å². The number of hydrogen-bond acceptors (Lipinski definition) is 4. The van der Waals surface area contributed by atoms with Crippen LogP contribution in [0.5, 0.6) is 5.75 Å². The zero-order valence-corrected chi connectivity index (χ0v) is 12.6. The lowest BCUT2D eigenvalue weighted by atomic mass is 10.1. The fourth-order valence-electron chi connectivity index (χ4n) is 1.94. The lowest BCUT2D eigenvalue weighted by Crippen LogP contribution is -2.07. The molecule has 2 aromatic carbocycles. The number of aromatic hydroxyl groups is 1. The Balaban J connectivity index is 2.23. The van der Waals surface area contributed by atoms with Gasteiger partial charge in [-0.25, -0.2) is 4.39 Å². The third-order valence-corrected chi connectivity index (χ3v) is 3.62. The van der Waals surface area contributed by atoms with Crippen LogP contribution >= 0.6 is 15.9 Å². The van der Waals surface area contributed by atoms with Gasteiger partial charge in [-0.1, -0.05) is 0 Å². The summed E-state index contributed by atoms with van der Waals surface area (Å²) in [5.41, 5.74) is 0.981. The van der Waals surface area contributed by atoms with E-state index in [0.717, 1.165) is 0 Å². The molecule has 0 aliphatic carbocycles. The van der Waals surface area contributed by atoms with Crippen molar-refractivity contribution in [1.82, 2.24) is 0 Å². The van der Waals surface area contributed by atoms with Crippen molar-refractivity contribution in [3.05, 3.63) is 62.4 Å². The van der Waals surface area contributed by atoms with E-state index in [9.17, 15) is 19.6 Å². The van der Waals surface area contributed by atoms with E-state index in [1.807, 2.05) is 0 Å². The first-order valence-corrected chi connectivity index (χ1v) is 6.86. The van der Waals surface area contributed by atoms with Gasteiger partial charge in [0, 0.05) is 17.3 Å². The second-order valence-electron chi connectivity index (χ2n) is 4.49. The molecule has 0 saturated carbocycles. The molecular weight excluding hydrogens is 343 g/mol. The Morgan fingerprint density at radius 3 is 2.67 bits per heavy atom. The van der Waals surface area contributed by atoms with Crippen molar-refractivity contribution in [3.63, 3.8) is 0 Å². The zero-order chi connectivity index (χ0) is 15.6.